The van der Waals surface area contributed by atoms with Crippen molar-refractivity contribution in [1.29, 1.82) is 0 Å². The van der Waals surface area contributed by atoms with Crippen molar-refractivity contribution in [3.63, 3.8) is 0 Å². The van der Waals surface area contributed by atoms with Gasteiger partial charge >= 0.3 is 0 Å². The van der Waals surface area contributed by atoms with E-state index < -0.39 is 0 Å². The van der Waals surface area contributed by atoms with E-state index in [1.54, 1.807) is 11.3 Å². The average molecular weight is 359 g/mol. The Morgan fingerprint density at radius 3 is 2.68 bits per heavy atom. The van der Waals surface area contributed by atoms with Gasteiger partial charge in [-0.15, -0.1) is 11.3 Å². The van der Waals surface area contributed by atoms with Crippen LogP contribution in [0.25, 0.3) is 0 Å². The standard InChI is InChI=1S/C18H25N5OS/c1-24-13-15-11-18(14-23(15)12-16-19-7-10-25-16)3-8-22(9-4-18)17-20-5-2-6-21-17/h2,5-7,10,15H,3-4,8-9,11-14H2,1H3/t15-/m0/s1. The minimum absolute atomic E-state index is 0.395. The third-order valence-corrected chi connectivity index (χ3v) is 6.33. The van der Waals surface area contributed by atoms with E-state index >= 15 is 0 Å². The minimum atomic E-state index is 0.395. The lowest BCUT2D eigenvalue weighted by Crippen LogP contribution is -2.42. The van der Waals surface area contributed by atoms with Crippen LogP contribution in [-0.4, -0.2) is 59.2 Å². The Morgan fingerprint density at radius 1 is 1.20 bits per heavy atom. The summed E-state index contributed by atoms with van der Waals surface area (Å²) in [5, 5.41) is 3.26. The molecular formula is C18H25N5OS. The van der Waals surface area contributed by atoms with Gasteiger partial charge in [-0.2, -0.15) is 0 Å². The van der Waals surface area contributed by atoms with Crippen molar-refractivity contribution in [1.82, 2.24) is 19.9 Å². The number of hydrogen-bond acceptors (Lipinski definition) is 7. The normalized spacial score (nSPS) is 23.4. The Labute approximate surface area is 152 Å². The van der Waals surface area contributed by atoms with E-state index in [-0.39, 0.29) is 0 Å². The molecule has 2 aliphatic heterocycles. The lowest BCUT2D eigenvalue weighted by atomic mass is 9.76. The largest absolute Gasteiger partial charge is 0.383 e. The van der Waals surface area contributed by atoms with Gasteiger partial charge in [0, 0.05) is 56.8 Å². The first kappa shape index (κ1) is 16.9. The number of nitrogens with zero attached hydrogens (tertiary/aromatic N) is 5. The lowest BCUT2D eigenvalue weighted by Gasteiger charge is -2.39. The number of piperidine rings is 1. The highest BCUT2D eigenvalue weighted by Crippen LogP contribution is 2.44. The van der Waals surface area contributed by atoms with Gasteiger partial charge in [-0.25, -0.2) is 15.0 Å². The van der Waals surface area contributed by atoms with Crippen LogP contribution in [0.1, 0.15) is 24.3 Å². The summed E-state index contributed by atoms with van der Waals surface area (Å²) in [6, 6.07) is 2.37. The fourth-order valence-electron chi connectivity index (χ4n) is 4.30. The maximum atomic E-state index is 5.51. The predicted molar refractivity (Wildman–Crippen MR) is 98.7 cm³/mol. The van der Waals surface area contributed by atoms with Gasteiger partial charge in [0.15, 0.2) is 0 Å². The van der Waals surface area contributed by atoms with Gasteiger partial charge in [-0.3, -0.25) is 4.90 Å². The maximum Gasteiger partial charge on any atom is 0.225 e. The van der Waals surface area contributed by atoms with Crippen LogP contribution in [0.2, 0.25) is 0 Å². The van der Waals surface area contributed by atoms with E-state index in [4.69, 9.17) is 4.74 Å². The zero-order chi connectivity index (χ0) is 17.1. The van der Waals surface area contributed by atoms with E-state index in [0.717, 1.165) is 38.7 Å². The SMILES string of the molecule is COC[C@@H]1CC2(CCN(c3ncccn3)CC2)CN1Cc1nccs1. The van der Waals surface area contributed by atoms with Crippen LogP contribution in [0.15, 0.2) is 30.0 Å². The van der Waals surface area contributed by atoms with Gasteiger partial charge in [-0.1, -0.05) is 0 Å². The number of hydrogen-bond donors (Lipinski definition) is 0. The van der Waals surface area contributed by atoms with E-state index in [9.17, 15) is 0 Å². The summed E-state index contributed by atoms with van der Waals surface area (Å²) in [5.74, 6) is 0.864. The van der Waals surface area contributed by atoms with Gasteiger partial charge in [0.1, 0.15) is 5.01 Å². The second-order valence-corrected chi connectivity index (χ2v) is 8.16. The molecule has 0 amide bonds. The molecule has 2 saturated heterocycles. The molecule has 4 heterocycles. The Bertz CT molecular complexity index is 657. The molecule has 4 rings (SSSR count). The second-order valence-electron chi connectivity index (χ2n) is 7.18. The third kappa shape index (κ3) is 3.68. The first-order valence-corrected chi connectivity index (χ1v) is 9.79. The summed E-state index contributed by atoms with van der Waals surface area (Å²) in [5.41, 5.74) is 0.395. The molecule has 2 aromatic heterocycles. The Morgan fingerprint density at radius 2 is 2.00 bits per heavy atom. The number of likely N-dealkylation sites (tertiary alicyclic amines) is 1. The minimum Gasteiger partial charge on any atom is -0.383 e. The van der Waals surface area contributed by atoms with Gasteiger partial charge in [0.05, 0.1) is 13.2 Å². The second kappa shape index (κ2) is 7.35. The molecule has 0 aromatic carbocycles. The first-order valence-electron chi connectivity index (χ1n) is 8.91. The molecule has 0 radical (unpaired) electrons. The smallest absolute Gasteiger partial charge is 0.225 e. The molecule has 0 bridgehead atoms. The van der Waals surface area contributed by atoms with Crippen LogP contribution in [-0.2, 0) is 11.3 Å². The van der Waals surface area contributed by atoms with Gasteiger partial charge in [-0.05, 0) is 30.7 Å². The molecule has 1 spiro atoms. The van der Waals surface area contributed by atoms with Crippen molar-refractivity contribution in [2.45, 2.75) is 31.8 Å². The number of anilines is 1. The summed E-state index contributed by atoms with van der Waals surface area (Å²) in [7, 11) is 1.81. The van der Waals surface area contributed by atoms with Crippen molar-refractivity contribution in [3.05, 3.63) is 35.0 Å². The molecule has 2 aromatic rings. The quantitative estimate of drug-likeness (QED) is 0.817. The molecule has 7 heteroatoms. The maximum absolute atomic E-state index is 5.51. The number of aromatic nitrogens is 3. The fraction of sp³-hybridized carbons (Fsp3) is 0.611. The third-order valence-electron chi connectivity index (χ3n) is 5.56. The van der Waals surface area contributed by atoms with Crippen LogP contribution in [0.4, 0.5) is 5.95 Å². The van der Waals surface area contributed by atoms with E-state index in [0.29, 0.717) is 11.5 Å². The highest BCUT2D eigenvalue weighted by atomic mass is 32.1. The molecule has 134 valence electrons. The first-order chi connectivity index (χ1) is 12.3. The number of methoxy groups -OCH3 is 1. The van der Waals surface area contributed by atoms with E-state index in [2.05, 4.69) is 30.1 Å². The molecule has 6 nitrogen and oxygen atoms in total. The van der Waals surface area contributed by atoms with E-state index in [1.807, 2.05) is 31.8 Å². The number of ether oxygens (including phenoxy) is 1. The molecule has 1 atom stereocenters. The van der Waals surface area contributed by atoms with Crippen LogP contribution in [0.3, 0.4) is 0 Å². The van der Waals surface area contributed by atoms with Crippen molar-refractivity contribution in [2.75, 3.05) is 38.3 Å². The average Bonchev–Trinajstić information content (AvgIpc) is 3.26. The molecule has 0 aliphatic carbocycles. The van der Waals surface area contributed by atoms with Crippen molar-refractivity contribution >= 4 is 17.3 Å². The monoisotopic (exact) mass is 359 g/mol. The van der Waals surface area contributed by atoms with Crippen LogP contribution >= 0.6 is 11.3 Å². The molecule has 0 N–H and O–H groups in total. The lowest BCUT2D eigenvalue weighted by molar-refractivity contribution is 0.111. The summed E-state index contributed by atoms with van der Waals surface area (Å²) in [6.07, 6.45) is 9.16. The fourth-order valence-corrected chi connectivity index (χ4v) is 4.94. The number of thiazole rings is 1. The zero-order valence-corrected chi connectivity index (χ0v) is 15.5. The topological polar surface area (TPSA) is 54.4 Å². The Balaban J connectivity index is 1.42. The summed E-state index contributed by atoms with van der Waals surface area (Å²) in [4.78, 5) is 18.2. The Kier molecular flexibility index (Phi) is 4.96. The van der Waals surface area contributed by atoms with E-state index in [1.165, 1.54) is 24.3 Å². The van der Waals surface area contributed by atoms with Crippen molar-refractivity contribution < 1.29 is 4.74 Å². The van der Waals surface area contributed by atoms with Crippen LogP contribution < -0.4 is 4.90 Å². The summed E-state index contributed by atoms with van der Waals surface area (Å²) in [6.45, 7) is 4.96. The summed E-state index contributed by atoms with van der Waals surface area (Å²) < 4.78 is 5.51. The number of rotatable bonds is 5. The van der Waals surface area contributed by atoms with Gasteiger partial charge in [0.2, 0.25) is 5.95 Å². The molecular weight excluding hydrogens is 334 g/mol. The van der Waals surface area contributed by atoms with Crippen molar-refractivity contribution in [3.8, 4) is 0 Å². The molecule has 2 fully saturated rings. The van der Waals surface area contributed by atoms with Crippen molar-refractivity contribution in [2.24, 2.45) is 5.41 Å². The Hall–Kier alpha value is -1.57. The molecule has 2 aliphatic rings. The zero-order valence-electron chi connectivity index (χ0n) is 14.7. The molecule has 25 heavy (non-hydrogen) atoms. The molecule has 0 unspecified atom stereocenters. The van der Waals surface area contributed by atoms with Gasteiger partial charge in [0.25, 0.3) is 0 Å². The van der Waals surface area contributed by atoms with Crippen LogP contribution in [0.5, 0.6) is 0 Å². The highest BCUT2D eigenvalue weighted by molar-refractivity contribution is 7.09. The predicted octanol–water partition coefficient (Wildman–Crippen LogP) is 2.44. The summed E-state index contributed by atoms with van der Waals surface area (Å²) >= 11 is 1.74. The molecule has 0 saturated carbocycles. The van der Waals surface area contributed by atoms with Crippen LogP contribution in [0, 0.1) is 5.41 Å². The van der Waals surface area contributed by atoms with Gasteiger partial charge < -0.3 is 9.64 Å². The highest BCUT2D eigenvalue weighted by Gasteiger charge is 2.45.